The first-order valence-electron chi connectivity index (χ1n) is 4.74. The van der Waals surface area contributed by atoms with Crippen LogP contribution in [0.4, 0.5) is 0 Å². The lowest BCUT2D eigenvalue weighted by Gasteiger charge is -2.02. The Morgan fingerprint density at radius 3 is 2.50 bits per heavy atom. The minimum absolute atomic E-state index is 0.360. The molecular weight excluding hydrogens is 184 g/mol. The van der Waals surface area contributed by atoms with Crippen LogP contribution in [0.3, 0.4) is 0 Å². The van der Waals surface area contributed by atoms with Crippen molar-refractivity contribution in [1.82, 2.24) is 0 Å². The van der Waals surface area contributed by atoms with Crippen molar-refractivity contribution in [3.63, 3.8) is 0 Å². The number of hydrogen-bond donors (Lipinski definition) is 1. The fraction of sp³-hybridized carbons (Fsp3) is 0.700. The Balaban J connectivity index is 3.29. The molecule has 0 aromatic heterocycles. The summed E-state index contributed by atoms with van der Waals surface area (Å²) < 4.78 is 10.3. The summed E-state index contributed by atoms with van der Waals surface area (Å²) in [5.74, 6) is -0.876. The maximum absolute atomic E-state index is 10.4. The first kappa shape index (κ1) is 13.1. The topological polar surface area (TPSA) is 55.8 Å². The highest BCUT2D eigenvalue weighted by Crippen LogP contribution is 1.95. The Morgan fingerprint density at radius 1 is 1.29 bits per heavy atom. The van der Waals surface area contributed by atoms with Crippen molar-refractivity contribution in [2.75, 3.05) is 26.4 Å². The lowest BCUT2D eigenvalue weighted by Crippen LogP contribution is -2.04. The van der Waals surface area contributed by atoms with Gasteiger partial charge in [-0.15, -0.1) is 0 Å². The van der Waals surface area contributed by atoms with Crippen LogP contribution in [0.2, 0.25) is 0 Å². The summed E-state index contributed by atoms with van der Waals surface area (Å²) in [7, 11) is 0. The normalized spacial score (nSPS) is 11.7. The van der Waals surface area contributed by atoms with E-state index in [4.69, 9.17) is 14.6 Å². The van der Waals surface area contributed by atoms with E-state index in [1.54, 1.807) is 13.0 Å². The lowest BCUT2D eigenvalue weighted by atomic mass is 10.2. The van der Waals surface area contributed by atoms with Crippen LogP contribution in [0.25, 0.3) is 0 Å². The summed E-state index contributed by atoms with van der Waals surface area (Å²) >= 11 is 0. The SMILES string of the molecule is CCOCCOCC/C=C(\C)C(=O)O. The highest BCUT2D eigenvalue weighted by atomic mass is 16.5. The molecule has 0 saturated carbocycles. The van der Waals surface area contributed by atoms with E-state index in [0.717, 1.165) is 0 Å². The zero-order valence-electron chi connectivity index (χ0n) is 8.78. The number of carbonyl (C=O) groups is 1. The molecule has 82 valence electrons. The number of carboxylic acid groups (broad SMARTS) is 1. The van der Waals surface area contributed by atoms with E-state index < -0.39 is 5.97 Å². The van der Waals surface area contributed by atoms with Crippen LogP contribution >= 0.6 is 0 Å². The molecule has 0 bridgehead atoms. The second-order valence-corrected chi connectivity index (χ2v) is 2.79. The average Bonchev–Trinajstić information content (AvgIpc) is 2.16. The van der Waals surface area contributed by atoms with Crippen LogP contribution in [0.15, 0.2) is 11.6 Å². The van der Waals surface area contributed by atoms with E-state index in [2.05, 4.69) is 0 Å². The fourth-order valence-electron chi connectivity index (χ4n) is 0.810. The number of hydrogen-bond acceptors (Lipinski definition) is 3. The molecule has 0 atom stereocenters. The van der Waals surface area contributed by atoms with Gasteiger partial charge in [0.15, 0.2) is 0 Å². The van der Waals surface area contributed by atoms with E-state index in [1.165, 1.54) is 0 Å². The number of aliphatic carboxylic acids is 1. The van der Waals surface area contributed by atoms with Crippen molar-refractivity contribution in [1.29, 1.82) is 0 Å². The third kappa shape index (κ3) is 7.76. The summed E-state index contributed by atoms with van der Waals surface area (Å²) in [6.45, 7) is 5.90. The summed E-state index contributed by atoms with van der Waals surface area (Å²) in [4.78, 5) is 10.4. The second-order valence-electron chi connectivity index (χ2n) is 2.79. The molecule has 0 spiro atoms. The van der Waals surface area contributed by atoms with Crippen molar-refractivity contribution in [3.05, 3.63) is 11.6 Å². The van der Waals surface area contributed by atoms with Crippen molar-refractivity contribution in [2.45, 2.75) is 20.3 Å². The van der Waals surface area contributed by atoms with Crippen LogP contribution in [-0.2, 0) is 14.3 Å². The van der Waals surface area contributed by atoms with Gasteiger partial charge in [0, 0.05) is 12.2 Å². The van der Waals surface area contributed by atoms with Gasteiger partial charge in [-0.3, -0.25) is 0 Å². The lowest BCUT2D eigenvalue weighted by molar-refractivity contribution is -0.132. The standard InChI is InChI=1S/C10H18O4/c1-3-13-7-8-14-6-4-5-9(2)10(11)12/h5H,3-4,6-8H2,1-2H3,(H,11,12)/b9-5+. The zero-order valence-corrected chi connectivity index (χ0v) is 8.78. The predicted octanol–water partition coefficient (Wildman–Crippen LogP) is 1.46. The molecule has 1 N–H and O–H groups in total. The van der Waals surface area contributed by atoms with E-state index in [-0.39, 0.29) is 0 Å². The van der Waals surface area contributed by atoms with Gasteiger partial charge in [0.25, 0.3) is 0 Å². The van der Waals surface area contributed by atoms with E-state index in [9.17, 15) is 4.79 Å². The van der Waals surface area contributed by atoms with Gasteiger partial charge in [0.1, 0.15) is 0 Å². The van der Waals surface area contributed by atoms with Gasteiger partial charge in [-0.1, -0.05) is 6.08 Å². The van der Waals surface area contributed by atoms with E-state index in [1.807, 2.05) is 6.92 Å². The fourth-order valence-corrected chi connectivity index (χ4v) is 0.810. The molecule has 0 fully saturated rings. The molecule has 0 rings (SSSR count). The predicted molar refractivity (Wildman–Crippen MR) is 53.3 cm³/mol. The van der Waals surface area contributed by atoms with Crippen molar-refractivity contribution in [2.24, 2.45) is 0 Å². The van der Waals surface area contributed by atoms with Crippen LogP contribution in [0.5, 0.6) is 0 Å². The van der Waals surface area contributed by atoms with E-state index >= 15 is 0 Å². The first-order chi connectivity index (χ1) is 6.68. The summed E-state index contributed by atoms with van der Waals surface area (Å²) in [6, 6.07) is 0. The maximum atomic E-state index is 10.4. The molecular formula is C10H18O4. The number of ether oxygens (including phenoxy) is 2. The Kier molecular flexibility index (Phi) is 8.17. The van der Waals surface area contributed by atoms with Crippen LogP contribution in [0, 0.1) is 0 Å². The molecule has 0 heterocycles. The third-order valence-corrected chi connectivity index (χ3v) is 1.63. The molecule has 14 heavy (non-hydrogen) atoms. The molecule has 4 nitrogen and oxygen atoms in total. The van der Waals surface area contributed by atoms with Gasteiger partial charge in [-0.25, -0.2) is 4.79 Å². The first-order valence-corrected chi connectivity index (χ1v) is 4.74. The second kappa shape index (κ2) is 8.72. The molecule has 0 aromatic carbocycles. The molecule has 0 aromatic rings. The molecule has 0 aliphatic heterocycles. The van der Waals surface area contributed by atoms with Crippen molar-refractivity contribution < 1.29 is 19.4 Å². The smallest absolute Gasteiger partial charge is 0.330 e. The monoisotopic (exact) mass is 202 g/mol. The van der Waals surface area contributed by atoms with Gasteiger partial charge in [-0.05, 0) is 20.3 Å². The van der Waals surface area contributed by atoms with E-state index in [0.29, 0.717) is 38.4 Å². The summed E-state index contributed by atoms with van der Waals surface area (Å²) in [5.41, 5.74) is 0.360. The Hall–Kier alpha value is -0.870. The highest BCUT2D eigenvalue weighted by Gasteiger charge is 1.97. The maximum Gasteiger partial charge on any atom is 0.330 e. The quantitative estimate of drug-likeness (QED) is 0.478. The number of carboxylic acids is 1. The van der Waals surface area contributed by atoms with Crippen LogP contribution in [-0.4, -0.2) is 37.5 Å². The summed E-state index contributed by atoms with van der Waals surface area (Å²) in [5, 5.41) is 8.53. The molecule has 0 saturated heterocycles. The molecule has 0 aliphatic rings. The summed E-state index contributed by atoms with van der Waals surface area (Å²) in [6.07, 6.45) is 2.28. The minimum Gasteiger partial charge on any atom is -0.478 e. The molecule has 0 radical (unpaired) electrons. The molecule has 0 aliphatic carbocycles. The molecule has 0 unspecified atom stereocenters. The Morgan fingerprint density at radius 2 is 1.93 bits per heavy atom. The Labute approximate surface area is 84.5 Å². The largest absolute Gasteiger partial charge is 0.478 e. The zero-order chi connectivity index (χ0) is 10.8. The van der Waals surface area contributed by atoms with Gasteiger partial charge in [-0.2, -0.15) is 0 Å². The minimum atomic E-state index is -0.876. The van der Waals surface area contributed by atoms with Gasteiger partial charge < -0.3 is 14.6 Å². The van der Waals surface area contributed by atoms with Crippen LogP contribution < -0.4 is 0 Å². The average molecular weight is 202 g/mol. The van der Waals surface area contributed by atoms with Crippen LogP contribution in [0.1, 0.15) is 20.3 Å². The third-order valence-electron chi connectivity index (χ3n) is 1.63. The van der Waals surface area contributed by atoms with Crippen molar-refractivity contribution in [3.8, 4) is 0 Å². The Bertz CT molecular complexity index is 187. The molecule has 4 heteroatoms. The van der Waals surface area contributed by atoms with Gasteiger partial charge in [0.2, 0.25) is 0 Å². The highest BCUT2D eigenvalue weighted by molar-refractivity contribution is 5.85. The van der Waals surface area contributed by atoms with Crippen molar-refractivity contribution >= 4 is 5.97 Å². The molecule has 0 amide bonds. The number of rotatable bonds is 8. The van der Waals surface area contributed by atoms with Gasteiger partial charge in [0.05, 0.1) is 19.8 Å². The van der Waals surface area contributed by atoms with Gasteiger partial charge >= 0.3 is 5.97 Å².